The van der Waals surface area contributed by atoms with Crippen LogP contribution in [0, 0.1) is 3.57 Å². The van der Waals surface area contributed by atoms with Gasteiger partial charge in [-0.05, 0) is 52.9 Å². The zero-order valence-corrected chi connectivity index (χ0v) is 10.6. The summed E-state index contributed by atoms with van der Waals surface area (Å²) >= 11 is 2.19. The van der Waals surface area contributed by atoms with Gasteiger partial charge in [0.25, 0.3) is 5.91 Å². The highest BCUT2D eigenvalue weighted by Gasteiger charge is 2.05. The van der Waals surface area contributed by atoms with Crippen molar-refractivity contribution in [2.75, 3.05) is 5.32 Å². The predicted molar refractivity (Wildman–Crippen MR) is 73.6 cm³/mol. The van der Waals surface area contributed by atoms with Crippen LogP contribution in [-0.4, -0.2) is 5.91 Å². The van der Waals surface area contributed by atoms with Gasteiger partial charge in [-0.15, -0.1) is 0 Å². The summed E-state index contributed by atoms with van der Waals surface area (Å²) in [4.78, 5) is 11.9. The summed E-state index contributed by atoms with van der Waals surface area (Å²) in [5.41, 5.74) is 1.49. The number of carbonyl (C=O) groups is 1. The Balaban J connectivity index is 2.15. The summed E-state index contributed by atoms with van der Waals surface area (Å²) in [5, 5.41) is 2.84. The number of halogens is 1. The van der Waals surface area contributed by atoms with Crippen molar-refractivity contribution in [2.45, 2.75) is 0 Å². The van der Waals surface area contributed by atoms with E-state index in [0.29, 0.717) is 5.56 Å². The first-order chi connectivity index (χ1) is 7.75. The molecule has 2 aromatic carbocycles. The molecule has 0 saturated carbocycles. The lowest BCUT2D eigenvalue weighted by Gasteiger charge is -2.04. The smallest absolute Gasteiger partial charge is 0.255 e. The normalized spacial score (nSPS) is 9.81. The van der Waals surface area contributed by atoms with Gasteiger partial charge >= 0.3 is 0 Å². The molecule has 2 nitrogen and oxygen atoms in total. The molecule has 1 amide bonds. The van der Waals surface area contributed by atoms with Gasteiger partial charge in [0.15, 0.2) is 0 Å². The first kappa shape index (κ1) is 11.1. The molecule has 0 radical (unpaired) electrons. The van der Waals surface area contributed by atoms with E-state index in [2.05, 4.69) is 27.9 Å². The zero-order chi connectivity index (χ0) is 11.4. The lowest BCUT2D eigenvalue weighted by Crippen LogP contribution is -2.11. The molecule has 0 atom stereocenters. The fraction of sp³-hybridized carbons (Fsp3) is 0. The second-order valence-electron chi connectivity index (χ2n) is 3.33. The summed E-state index contributed by atoms with van der Waals surface area (Å²) in [7, 11) is 0. The summed E-state index contributed by atoms with van der Waals surface area (Å²) < 4.78 is 1.05. The number of para-hydroxylation sites is 1. The van der Waals surface area contributed by atoms with Crippen molar-refractivity contribution < 1.29 is 4.79 Å². The minimum absolute atomic E-state index is 0.0790. The predicted octanol–water partition coefficient (Wildman–Crippen LogP) is 3.54. The van der Waals surface area contributed by atoms with Crippen molar-refractivity contribution >= 4 is 34.2 Å². The summed E-state index contributed by atoms with van der Waals surface area (Å²) in [5.74, 6) is -0.0790. The van der Waals surface area contributed by atoms with Gasteiger partial charge in [0, 0.05) is 14.8 Å². The average Bonchev–Trinajstić information content (AvgIpc) is 2.30. The molecule has 80 valence electrons. The van der Waals surface area contributed by atoms with Crippen molar-refractivity contribution in [1.82, 2.24) is 0 Å². The number of nitrogens with one attached hydrogen (secondary N) is 1. The maximum atomic E-state index is 11.9. The SMILES string of the molecule is O=C(Nc1ccccc1)c1cccc(I)c1. The van der Waals surface area contributed by atoms with Gasteiger partial charge in [-0.2, -0.15) is 0 Å². The highest BCUT2D eigenvalue weighted by atomic mass is 127. The summed E-state index contributed by atoms with van der Waals surface area (Å²) in [6.07, 6.45) is 0. The van der Waals surface area contributed by atoms with Crippen molar-refractivity contribution in [1.29, 1.82) is 0 Å². The number of anilines is 1. The molecular weight excluding hydrogens is 313 g/mol. The number of hydrogen-bond donors (Lipinski definition) is 1. The second-order valence-corrected chi connectivity index (χ2v) is 4.58. The molecule has 0 heterocycles. The Bertz CT molecular complexity index is 496. The lowest BCUT2D eigenvalue weighted by atomic mass is 10.2. The minimum Gasteiger partial charge on any atom is -0.322 e. The Morgan fingerprint density at radius 2 is 1.75 bits per heavy atom. The molecule has 16 heavy (non-hydrogen) atoms. The Morgan fingerprint density at radius 3 is 2.44 bits per heavy atom. The number of carbonyl (C=O) groups excluding carboxylic acids is 1. The molecular formula is C13H10INO. The highest BCUT2D eigenvalue weighted by molar-refractivity contribution is 14.1. The van der Waals surface area contributed by atoms with Crippen LogP contribution in [0.2, 0.25) is 0 Å². The van der Waals surface area contributed by atoms with E-state index < -0.39 is 0 Å². The topological polar surface area (TPSA) is 29.1 Å². The third-order valence-corrected chi connectivity index (χ3v) is 2.79. The van der Waals surface area contributed by atoms with Gasteiger partial charge in [-0.25, -0.2) is 0 Å². The molecule has 0 aliphatic heterocycles. The highest BCUT2D eigenvalue weighted by Crippen LogP contribution is 2.11. The van der Waals surface area contributed by atoms with Crippen LogP contribution in [0.5, 0.6) is 0 Å². The van der Waals surface area contributed by atoms with Gasteiger partial charge in [-0.1, -0.05) is 24.3 Å². The van der Waals surface area contributed by atoms with Crippen LogP contribution in [0.1, 0.15) is 10.4 Å². The number of rotatable bonds is 2. The fourth-order valence-electron chi connectivity index (χ4n) is 1.35. The van der Waals surface area contributed by atoms with Crippen LogP contribution in [0.3, 0.4) is 0 Å². The monoisotopic (exact) mass is 323 g/mol. The van der Waals surface area contributed by atoms with Crippen LogP contribution in [0.25, 0.3) is 0 Å². The Labute approximate surface area is 108 Å². The number of hydrogen-bond acceptors (Lipinski definition) is 1. The quantitative estimate of drug-likeness (QED) is 0.842. The molecule has 0 aliphatic carbocycles. The Morgan fingerprint density at radius 1 is 1.00 bits per heavy atom. The van der Waals surface area contributed by atoms with Crippen molar-refractivity contribution in [3.63, 3.8) is 0 Å². The van der Waals surface area contributed by atoms with E-state index >= 15 is 0 Å². The molecule has 0 aromatic heterocycles. The lowest BCUT2D eigenvalue weighted by molar-refractivity contribution is 0.102. The van der Waals surface area contributed by atoms with Crippen LogP contribution in [0.4, 0.5) is 5.69 Å². The van der Waals surface area contributed by atoms with E-state index in [1.54, 1.807) is 6.07 Å². The van der Waals surface area contributed by atoms with Gasteiger partial charge in [0.05, 0.1) is 0 Å². The first-order valence-corrected chi connectivity index (χ1v) is 5.95. The van der Waals surface area contributed by atoms with Crippen LogP contribution < -0.4 is 5.32 Å². The van der Waals surface area contributed by atoms with Gasteiger partial charge in [-0.3, -0.25) is 4.79 Å². The number of amides is 1. The van der Waals surface area contributed by atoms with Crippen LogP contribution in [0.15, 0.2) is 54.6 Å². The maximum Gasteiger partial charge on any atom is 0.255 e. The molecule has 2 aromatic rings. The fourth-order valence-corrected chi connectivity index (χ4v) is 1.90. The van der Waals surface area contributed by atoms with Gasteiger partial charge in [0.2, 0.25) is 0 Å². The summed E-state index contributed by atoms with van der Waals surface area (Å²) in [6.45, 7) is 0. The minimum atomic E-state index is -0.0790. The molecule has 1 N–H and O–H groups in total. The van der Waals surface area contributed by atoms with Crippen molar-refractivity contribution in [2.24, 2.45) is 0 Å². The van der Waals surface area contributed by atoms with E-state index in [0.717, 1.165) is 9.26 Å². The molecule has 0 aliphatic rings. The Kier molecular flexibility index (Phi) is 3.56. The zero-order valence-electron chi connectivity index (χ0n) is 8.48. The molecule has 3 heteroatoms. The standard InChI is InChI=1S/C13H10INO/c14-11-6-4-5-10(9-11)13(16)15-12-7-2-1-3-8-12/h1-9H,(H,15,16). The van der Waals surface area contributed by atoms with E-state index in [9.17, 15) is 4.79 Å². The largest absolute Gasteiger partial charge is 0.322 e. The van der Waals surface area contributed by atoms with Crippen LogP contribution in [-0.2, 0) is 0 Å². The number of benzene rings is 2. The molecule has 0 fully saturated rings. The third-order valence-electron chi connectivity index (χ3n) is 2.12. The van der Waals surface area contributed by atoms with E-state index in [4.69, 9.17) is 0 Å². The van der Waals surface area contributed by atoms with E-state index in [1.165, 1.54) is 0 Å². The molecule has 0 bridgehead atoms. The Hall–Kier alpha value is -1.36. The van der Waals surface area contributed by atoms with Crippen LogP contribution >= 0.6 is 22.6 Å². The molecule has 0 saturated heterocycles. The van der Waals surface area contributed by atoms with Crippen molar-refractivity contribution in [3.8, 4) is 0 Å². The van der Waals surface area contributed by atoms with Crippen molar-refractivity contribution in [3.05, 3.63) is 63.7 Å². The second kappa shape index (κ2) is 5.12. The summed E-state index contributed by atoms with van der Waals surface area (Å²) in [6, 6.07) is 16.9. The molecule has 0 spiro atoms. The average molecular weight is 323 g/mol. The van der Waals surface area contributed by atoms with Gasteiger partial charge < -0.3 is 5.32 Å². The molecule has 0 unspecified atom stereocenters. The molecule has 2 rings (SSSR count). The first-order valence-electron chi connectivity index (χ1n) is 4.88. The van der Waals surface area contributed by atoms with E-state index in [-0.39, 0.29) is 5.91 Å². The van der Waals surface area contributed by atoms with E-state index in [1.807, 2.05) is 48.5 Å². The maximum absolute atomic E-state index is 11.9. The third kappa shape index (κ3) is 2.82. The van der Waals surface area contributed by atoms with Gasteiger partial charge in [0.1, 0.15) is 0 Å².